The summed E-state index contributed by atoms with van der Waals surface area (Å²) in [5.74, 6) is 0.0880. The Bertz CT molecular complexity index is 866. The van der Waals surface area contributed by atoms with Crippen LogP contribution in [0.15, 0.2) is 51.7 Å². The monoisotopic (exact) mass is 389 g/mol. The molecule has 0 aliphatic carbocycles. The largest absolute Gasteiger partial charge is 0.444 e. The second-order valence-electron chi connectivity index (χ2n) is 6.01. The number of rotatable bonds is 5. The van der Waals surface area contributed by atoms with Gasteiger partial charge in [0.1, 0.15) is 0 Å². The number of carbonyl (C=O) groups is 1. The van der Waals surface area contributed by atoms with Crippen LogP contribution in [0.1, 0.15) is 22.2 Å². The van der Waals surface area contributed by atoms with Crippen molar-refractivity contribution >= 4 is 32.7 Å². The van der Waals surface area contributed by atoms with Crippen LogP contribution in [0.25, 0.3) is 10.9 Å². The van der Waals surface area contributed by atoms with Crippen LogP contribution in [0, 0.1) is 0 Å². The lowest BCUT2D eigenvalue weighted by atomic mass is 10.0. The van der Waals surface area contributed by atoms with E-state index in [0.29, 0.717) is 17.0 Å². The molecule has 0 radical (unpaired) electrons. The van der Waals surface area contributed by atoms with E-state index in [1.54, 1.807) is 12.1 Å². The van der Waals surface area contributed by atoms with Crippen LogP contribution in [0.2, 0.25) is 0 Å². The smallest absolute Gasteiger partial charge is 0.287 e. The van der Waals surface area contributed by atoms with E-state index in [2.05, 4.69) is 49.0 Å². The fraction of sp³-hybridized carbons (Fsp3) is 0.278. The molecule has 1 atom stereocenters. The number of hydrogen-bond donors (Lipinski definition) is 1. The Morgan fingerprint density at radius 2 is 2.04 bits per heavy atom. The number of carbonyl (C=O) groups excluding carboxylic acids is 1. The van der Waals surface area contributed by atoms with Crippen molar-refractivity contribution in [2.24, 2.45) is 7.05 Å². The molecule has 1 N–H and O–H groups in total. The highest BCUT2D eigenvalue weighted by Gasteiger charge is 2.21. The number of aryl methyl sites for hydroxylation is 1. The minimum absolute atomic E-state index is 0.0680. The molecule has 0 aliphatic rings. The van der Waals surface area contributed by atoms with Crippen molar-refractivity contribution in [3.63, 3.8) is 0 Å². The molecule has 2 aromatic heterocycles. The highest BCUT2D eigenvalue weighted by atomic mass is 79.9. The van der Waals surface area contributed by atoms with Crippen molar-refractivity contribution in [1.29, 1.82) is 0 Å². The standard InChI is InChI=1S/C18H20BrN3O2/c1-21(2)15(10-20-18(23)16-8-9-17(19)24-16)13-11-22(3)14-7-5-4-6-12(13)14/h4-9,11,15H,10H2,1-3H3,(H,20,23)/t15-/m1/s1. The van der Waals surface area contributed by atoms with E-state index in [9.17, 15) is 4.79 Å². The fourth-order valence-corrected chi connectivity index (χ4v) is 3.23. The second kappa shape index (κ2) is 6.83. The molecule has 5 nitrogen and oxygen atoms in total. The Morgan fingerprint density at radius 3 is 2.71 bits per heavy atom. The lowest BCUT2D eigenvalue weighted by molar-refractivity contribution is 0.0913. The molecule has 0 bridgehead atoms. The van der Waals surface area contributed by atoms with Crippen LogP contribution in [0.4, 0.5) is 0 Å². The molecule has 0 saturated heterocycles. The second-order valence-corrected chi connectivity index (χ2v) is 6.79. The van der Waals surface area contributed by atoms with Crippen LogP contribution in [0.5, 0.6) is 0 Å². The third-order valence-corrected chi connectivity index (χ3v) is 4.59. The Morgan fingerprint density at radius 1 is 1.29 bits per heavy atom. The maximum atomic E-state index is 12.2. The summed E-state index contributed by atoms with van der Waals surface area (Å²) >= 11 is 3.21. The number of benzene rings is 1. The Hall–Kier alpha value is -2.05. The lowest BCUT2D eigenvalue weighted by Crippen LogP contribution is -2.34. The summed E-state index contributed by atoms with van der Waals surface area (Å²) in [7, 11) is 6.07. The molecule has 0 saturated carbocycles. The third-order valence-electron chi connectivity index (χ3n) is 4.16. The van der Waals surface area contributed by atoms with E-state index < -0.39 is 0 Å². The number of para-hydroxylation sites is 1. The summed E-state index contributed by atoms with van der Waals surface area (Å²) in [5, 5.41) is 4.16. The first kappa shape index (κ1) is 16.8. The minimum Gasteiger partial charge on any atom is -0.444 e. The zero-order valence-corrected chi connectivity index (χ0v) is 15.5. The van der Waals surface area contributed by atoms with Gasteiger partial charge >= 0.3 is 0 Å². The molecule has 2 heterocycles. The van der Waals surface area contributed by atoms with Gasteiger partial charge in [-0.15, -0.1) is 0 Å². The summed E-state index contributed by atoms with van der Waals surface area (Å²) < 4.78 is 7.97. The number of amides is 1. The maximum absolute atomic E-state index is 12.2. The molecule has 6 heteroatoms. The normalized spacial score (nSPS) is 12.7. The van der Waals surface area contributed by atoms with Gasteiger partial charge < -0.3 is 19.2 Å². The summed E-state index contributed by atoms with van der Waals surface area (Å²) in [4.78, 5) is 14.3. The number of hydrogen-bond acceptors (Lipinski definition) is 3. The molecule has 1 amide bonds. The van der Waals surface area contributed by atoms with E-state index in [-0.39, 0.29) is 11.9 Å². The van der Waals surface area contributed by atoms with E-state index in [0.717, 1.165) is 0 Å². The van der Waals surface area contributed by atoms with Crippen molar-refractivity contribution < 1.29 is 9.21 Å². The highest BCUT2D eigenvalue weighted by molar-refractivity contribution is 9.10. The number of furan rings is 1. The molecule has 0 spiro atoms. The van der Waals surface area contributed by atoms with E-state index >= 15 is 0 Å². The zero-order valence-electron chi connectivity index (χ0n) is 13.9. The Labute approximate surface area is 149 Å². The fourth-order valence-electron chi connectivity index (χ4n) is 2.92. The summed E-state index contributed by atoms with van der Waals surface area (Å²) in [5.41, 5.74) is 2.37. The van der Waals surface area contributed by atoms with Gasteiger partial charge in [0.25, 0.3) is 5.91 Å². The molecule has 24 heavy (non-hydrogen) atoms. The first-order valence-corrected chi connectivity index (χ1v) is 8.50. The minimum atomic E-state index is -0.215. The predicted octanol–water partition coefficient (Wildman–Crippen LogP) is 3.57. The van der Waals surface area contributed by atoms with E-state index in [1.807, 2.05) is 33.3 Å². The summed E-state index contributed by atoms with van der Waals surface area (Å²) in [6, 6.07) is 11.7. The van der Waals surface area contributed by atoms with Crippen molar-refractivity contribution in [2.45, 2.75) is 6.04 Å². The van der Waals surface area contributed by atoms with Crippen LogP contribution in [0.3, 0.4) is 0 Å². The van der Waals surface area contributed by atoms with Gasteiger partial charge in [-0.3, -0.25) is 4.79 Å². The van der Waals surface area contributed by atoms with Crippen molar-refractivity contribution in [2.75, 3.05) is 20.6 Å². The molecule has 0 aliphatic heterocycles. The van der Waals surface area contributed by atoms with Gasteiger partial charge in [0, 0.05) is 30.7 Å². The summed E-state index contributed by atoms with van der Waals surface area (Å²) in [6.45, 7) is 0.498. The molecule has 0 unspecified atom stereocenters. The van der Waals surface area contributed by atoms with Crippen LogP contribution >= 0.6 is 15.9 Å². The topological polar surface area (TPSA) is 50.4 Å². The number of likely N-dealkylation sites (N-methyl/N-ethyl adjacent to an activating group) is 1. The Balaban J connectivity index is 1.83. The number of halogens is 1. The molecular formula is C18H20BrN3O2. The first-order chi connectivity index (χ1) is 11.5. The van der Waals surface area contributed by atoms with Crippen molar-refractivity contribution in [1.82, 2.24) is 14.8 Å². The van der Waals surface area contributed by atoms with Gasteiger partial charge in [-0.25, -0.2) is 0 Å². The van der Waals surface area contributed by atoms with Gasteiger partial charge in [-0.2, -0.15) is 0 Å². The average molecular weight is 390 g/mol. The first-order valence-electron chi connectivity index (χ1n) is 7.71. The average Bonchev–Trinajstić information content (AvgIpc) is 3.12. The number of nitrogens with zero attached hydrogens (tertiary/aromatic N) is 2. The number of fused-ring (bicyclic) bond motifs is 1. The van der Waals surface area contributed by atoms with Crippen LogP contribution in [-0.4, -0.2) is 36.0 Å². The van der Waals surface area contributed by atoms with Crippen LogP contribution in [-0.2, 0) is 7.05 Å². The quantitative estimate of drug-likeness (QED) is 0.725. The van der Waals surface area contributed by atoms with Gasteiger partial charge in [0.2, 0.25) is 0 Å². The highest BCUT2D eigenvalue weighted by Crippen LogP contribution is 2.28. The van der Waals surface area contributed by atoms with Crippen LogP contribution < -0.4 is 5.32 Å². The Kier molecular flexibility index (Phi) is 4.78. The van der Waals surface area contributed by atoms with E-state index in [4.69, 9.17) is 4.42 Å². The van der Waals surface area contributed by atoms with Gasteiger partial charge in [0.05, 0.1) is 6.04 Å². The van der Waals surface area contributed by atoms with Gasteiger partial charge in [-0.05, 0) is 53.8 Å². The number of aromatic nitrogens is 1. The van der Waals surface area contributed by atoms with E-state index in [1.165, 1.54) is 16.5 Å². The molecule has 0 fully saturated rings. The molecule has 1 aromatic carbocycles. The molecular weight excluding hydrogens is 370 g/mol. The zero-order chi connectivity index (χ0) is 17.3. The van der Waals surface area contributed by atoms with Crippen molar-refractivity contribution in [3.8, 4) is 0 Å². The van der Waals surface area contributed by atoms with Gasteiger partial charge in [-0.1, -0.05) is 18.2 Å². The number of nitrogens with one attached hydrogen (secondary N) is 1. The van der Waals surface area contributed by atoms with Gasteiger partial charge in [0.15, 0.2) is 10.4 Å². The lowest BCUT2D eigenvalue weighted by Gasteiger charge is -2.24. The predicted molar refractivity (Wildman–Crippen MR) is 98.1 cm³/mol. The SMILES string of the molecule is CN(C)[C@H](CNC(=O)c1ccc(Br)o1)c1cn(C)c2ccccc12. The molecule has 3 rings (SSSR count). The molecule has 126 valence electrons. The summed E-state index contributed by atoms with van der Waals surface area (Å²) in [6.07, 6.45) is 2.13. The molecule has 3 aromatic rings. The maximum Gasteiger partial charge on any atom is 0.287 e. The third kappa shape index (κ3) is 3.25. The van der Waals surface area contributed by atoms with Crippen molar-refractivity contribution in [3.05, 3.63) is 58.6 Å².